The van der Waals surface area contributed by atoms with E-state index < -0.39 is 25.1 Å². The lowest BCUT2D eigenvalue weighted by Gasteiger charge is -2.11. The maximum Gasteiger partial charge on any atom is 0.387 e. The molecule has 2 aromatic carbocycles. The molecule has 0 unspecified atom stereocenters. The van der Waals surface area contributed by atoms with E-state index in [0.717, 1.165) is 5.39 Å². The zero-order chi connectivity index (χ0) is 18.5. The maximum atomic E-state index is 12.4. The number of para-hydroxylation sites is 3. The van der Waals surface area contributed by atoms with Gasteiger partial charge in [0.25, 0.3) is 5.91 Å². The van der Waals surface area contributed by atoms with Crippen LogP contribution in [0.5, 0.6) is 5.75 Å². The van der Waals surface area contributed by atoms with Crippen molar-refractivity contribution in [2.24, 2.45) is 0 Å². The Balaban J connectivity index is 1.59. The minimum atomic E-state index is -3.03. The van der Waals surface area contributed by atoms with Gasteiger partial charge in [-0.1, -0.05) is 30.3 Å². The van der Waals surface area contributed by atoms with Gasteiger partial charge in [-0.3, -0.25) is 4.79 Å². The molecule has 0 atom stereocenters. The summed E-state index contributed by atoms with van der Waals surface area (Å²) in [5.74, 6) is -1.76. The minimum Gasteiger partial charge on any atom is -0.450 e. The van der Waals surface area contributed by atoms with Gasteiger partial charge in [-0.05, 0) is 24.3 Å². The molecule has 0 aliphatic carbocycles. The summed E-state index contributed by atoms with van der Waals surface area (Å²) < 4.78 is 39.2. The fraction of sp³-hybridized carbons (Fsp3) is 0.111. The fourth-order valence-electron chi connectivity index (χ4n) is 2.24. The van der Waals surface area contributed by atoms with Crippen molar-refractivity contribution in [2.75, 3.05) is 11.9 Å². The quantitative estimate of drug-likeness (QED) is 0.675. The predicted molar refractivity (Wildman–Crippen MR) is 88.2 cm³/mol. The van der Waals surface area contributed by atoms with E-state index in [1.165, 1.54) is 30.3 Å². The maximum absolute atomic E-state index is 12.4. The van der Waals surface area contributed by atoms with E-state index in [0.29, 0.717) is 5.58 Å². The van der Waals surface area contributed by atoms with Crippen LogP contribution in [0.1, 0.15) is 10.6 Å². The number of amides is 1. The Hall–Kier alpha value is -3.42. The van der Waals surface area contributed by atoms with E-state index in [-0.39, 0.29) is 17.2 Å². The zero-order valence-electron chi connectivity index (χ0n) is 13.3. The number of ether oxygens (including phenoxy) is 2. The highest BCUT2D eigenvalue weighted by Crippen LogP contribution is 2.25. The number of alkyl halides is 2. The summed E-state index contributed by atoms with van der Waals surface area (Å²) in [6, 6.07) is 14.2. The molecule has 26 heavy (non-hydrogen) atoms. The third kappa shape index (κ3) is 4.15. The van der Waals surface area contributed by atoms with Crippen LogP contribution in [0, 0.1) is 0 Å². The number of hydrogen-bond donors (Lipinski definition) is 1. The van der Waals surface area contributed by atoms with Gasteiger partial charge in [0.05, 0.1) is 5.69 Å². The molecule has 0 saturated carbocycles. The lowest BCUT2D eigenvalue weighted by atomic mass is 10.2. The molecule has 0 radical (unpaired) electrons. The first-order valence-corrected chi connectivity index (χ1v) is 7.52. The number of halogens is 2. The van der Waals surface area contributed by atoms with E-state index in [1.807, 2.05) is 0 Å². The normalized spacial score (nSPS) is 10.7. The second-order valence-electron chi connectivity index (χ2n) is 5.15. The van der Waals surface area contributed by atoms with Gasteiger partial charge in [-0.15, -0.1) is 0 Å². The van der Waals surface area contributed by atoms with Crippen LogP contribution in [0.15, 0.2) is 59.0 Å². The Morgan fingerprint density at radius 2 is 1.81 bits per heavy atom. The van der Waals surface area contributed by atoms with Crippen molar-refractivity contribution in [1.82, 2.24) is 0 Å². The van der Waals surface area contributed by atoms with E-state index in [1.54, 1.807) is 24.3 Å². The smallest absolute Gasteiger partial charge is 0.387 e. The average Bonchev–Trinajstić information content (AvgIpc) is 3.05. The highest BCUT2D eigenvalue weighted by Gasteiger charge is 2.16. The number of hydrogen-bond acceptors (Lipinski definition) is 5. The second kappa shape index (κ2) is 7.64. The summed E-state index contributed by atoms with van der Waals surface area (Å²) in [7, 11) is 0. The van der Waals surface area contributed by atoms with E-state index >= 15 is 0 Å². The van der Waals surface area contributed by atoms with Crippen molar-refractivity contribution in [2.45, 2.75) is 6.61 Å². The lowest BCUT2D eigenvalue weighted by Crippen LogP contribution is -2.21. The average molecular weight is 361 g/mol. The molecule has 8 heteroatoms. The largest absolute Gasteiger partial charge is 0.450 e. The topological polar surface area (TPSA) is 77.8 Å². The summed E-state index contributed by atoms with van der Waals surface area (Å²) >= 11 is 0. The van der Waals surface area contributed by atoms with Gasteiger partial charge < -0.3 is 19.2 Å². The second-order valence-corrected chi connectivity index (χ2v) is 5.15. The molecule has 1 heterocycles. The van der Waals surface area contributed by atoms with Gasteiger partial charge in [0.1, 0.15) is 11.3 Å². The summed E-state index contributed by atoms with van der Waals surface area (Å²) in [6.07, 6.45) is 0. The van der Waals surface area contributed by atoms with Crippen LogP contribution >= 0.6 is 0 Å². The number of furan rings is 1. The molecule has 134 valence electrons. The molecule has 0 saturated heterocycles. The van der Waals surface area contributed by atoms with Crippen molar-refractivity contribution in [1.29, 1.82) is 0 Å². The van der Waals surface area contributed by atoms with Crippen LogP contribution in [0.25, 0.3) is 11.0 Å². The first-order chi connectivity index (χ1) is 12.5. The minimum absolute atomic E-state index is 0.0394. The molecule has 0 spiro atoms. The van der Waals surface area contributed by atoms with E-state index in [4.69, 9.17) is 9.15 Å². The third-order valence-corrected chi connectivity index (χ3v) is 3.34. The predicted octanol–water partition coefficient (Wildman–Crippen LogP) is 3.83. The van der Waals surface area contributed by atoms with Gasteiger partial charge in [0, 0.05) is 5.39 Å². The highest BCUT2D eigenvalue weighted by molar-refractivity contribution is 5.97. The molecule has 0 aliphatic rings. The zero-order valence-corrected chi connectivity index (χ0v) is 13.3. The monoisotopic (exact) mass is 361 g/mol. The van der Waals surface area contributed by atoms with Crippen molar-refractivity contribution in [3.8, 4) is 5.75 Å². The van der Waals surface area contributed by atoms with Crippen LogP contribution in [0.3, 0.4) is 0 Å². The molecular formula is C18H13F2NO5. The fourth-order valence-corrected chi connectivity index (χ4v) is 2.24. The molecule has 3 rings (SSSR count). The molecule has 3 aromatic rings. The molecule has 1 N–H and O–H groups in total. The summed E-state index contributed by atoms with van der Waals surface area (Å²) in [4.78, 5) is 23.9. The standard InChI is InChI=1S/C18H13F2NO5/c19-18(20)26-14-8-4-2-6-12(14)21-16(22)10-24-17(23)15-9-11-5-1-3-7-13(11)25-15/h1-9,18H,10H2,(H,21,22). The van der Waals surface area contributed by atoms with Gasteiger partial charge in [0.2, 0.25) is 5.76 Å². The van der Waals surface area contributed by atoms with Gasteiger partial charge in [-0.2, -0.15) is 8.78 Å². The Kier molecular flexibility index (Phi) is 5.12. The number of nitrogens with one attached hydrogen (secondary N) is 1. The lowest BCUT2D eigenvalue weighted by molar-refractivity contribution is -0.119. The van der Waals surface area contributed by atoms with Crippen molar-refractivity contribution in [3.63, 3.8) is 0 Å². The number of anilines is 1. The summed E-state index contributed by atoms with van der Waals surface area (Å²) in [5.41, 5.74) is 0.555. The van der Waals surface area contributed by atoms with Crippen molar-refractivity contribution >= 4 is 28.5 Å². The number of carbonyl (C=O) groups excluding carboxylic acids is 2. The van der Waals surface area contributed by atoms with Crippen LogP contribution in [0.4, 0.5) is 14.5 Å². The molecular weight excluding hydrogens is 348 g/mol. The van der Waals surface area contributed by atoms with Crippen molar-refractivity contribution < 1.29 is 32.3 Å². The summed E-state index contributed by atoms with van der Waals surface area (Å²) in [6.45, 7) is -3.64. The van der Waals surface area contributed by atoms with Gasteiger partial charge in [-0.25, -0.2) is 4.79 Å². The van der Waals surface area contributed by atoms with Crippen LogP contribution in [0.2, 0.25) is 0 Å². The molecule has 1 aromatic heterocycles. The van der Waals surface area contributed by atoms with Crippen LogP contribution in [-0.2, 0) is 9.53 Å². The third-order valence-electron chi connectivity index (χ3n) is 3.34. The summed E-state index contributed by atoms with van der Waals surface area (Å²) in [5, 5.41) is 3.07. The van der Waals surface area contributed by atoms with Crippen molar-refractivity contribution in [3.05, 3.63) is 60.4 Å². The highest BCUT2D eigenvalue weighted by atomic mass is 19.3. The number of benzene rings is 2. The molecule has 1 amide bonds. The molecule has 0 bridgehead atoms. The van der Waals surface area contributed by atoms with Gasteiger partial charge >= 0.3 is 12.6 Å². The Morgan fingerprint density at radius 1 is 1.08 bits per heavy atom. The number of fused-ring (bicyclic) bond motifs is 1. The van der Waals surface area contributed by atoms with Gasteiger partial charge in [0.15, 0.2) is 6.61 Å². The first-order valence-electron chi connectivity index (χ1n) is 7.52. The molecule has 0 aliphatic heterocycles. The molecule has 6 nitrogen and oxygen atoms in total. The Morgan fingerprint density at radius 3 is 2.58 bits per heavy atom. The number of rotatable bonds is 6. The van der Waals surface area contributed by atoms with Crippen LogP contribution in [-0.4, -0.2) is 25.1 Å². The SMILES string of the molecule is O=C(COC(=O)c1cc2ccccc2o1)Nc1ccccc1OC(F)F. The Bertz CT molecular complexity index is 905. The van der Waals surface area contributed by atoms with Crippen LogP contribution < -0.4 is 10.1 Å². The number of esters is 1. The van der Waals surface area contributed by atoms with E-state index in [2.05, 4.69) is 10.1 Å². The Labute approximate surface area is 146 Å². The van der Waals surface area contributed by atoms with E-state index in [9.17, 15) is 18.4 Å². The number of carbonyl (C=O) groups is 2. The first kappa shape index (κ1) is 17.4. The molecule has 0 fully saturated rings.